The molecule has 1 N–H and O–H groups in total. The van der Waals surface area contributed by atoms with E-state index in [1.807, 2.05) is 6.92 Å². The van der Waals surface area contributed by atoms with Crippen molar-refractivity contribution in [1.82, 2.24) is 14.9 Å². The second-order valence-electron chi connectivity index (χ2n) is 7.19. The van der Waals surface area contributed by atoms with Crippen molar-refractivity contribution >= 4 is 17.2 Å². The van der Waals surface area contributed by atoms with E-state index in [0.29, 0.717) is 17.3 Å². The van der Waals surface area contributed by atoms with Gasteiger partial charge in [-0.25, -0.2) is 4.98 Å². The second kappa shape index (κ2) is 8.44. The standard InChI is InChI=1S/C22H30N4O/c1-6-7-21-16(2)23-22(24-21)18(4)27-17(3)19-8-10-20(11-9-19)26-14-12-25(5)13-15-26/h8-11H,3-4,6-7,12-15H2,1-2,5H3,(H,23,24). The van der Waals surface area contributed by atoms with Crippen LogP contribution in [0.25, 0.3) is 11.5 Å². The van der Waals surface area contributed by atoms with Crippen LogP contribution in [0, 0.1) is 6.92 Å². The number of hydrogen-bond acceptors (Lipinski definition) is 4. The number of hydrogen-bond donors (Lipinski definition) is 1. The van der Waals surface area contributed by atoms with E-state index >= 15 is 0 Å². The maximum Gasteiger partial charge on any atom is 0.173 e. The van der Waals surface area contributed by atoms with Crippen LogP contribution in [-0.4, -0.2) is 48.1 Å². The van der Waals surface area contributed by atoms with Gasteiger partial charge in [-0.05, 0) is 44.7 Å². The lowest BCUT2D eigenvalue weighted by Crippen LogP contribution is -2.44. The van der Waals surface area contributed by atoms with Gasteiger partial charge in [0.2, 0.25) is 0 Å². The molecular weight excluding hydrogens is 336 g/mol. The quantitative estimate of drug-likeness (QED) is 0.750. The number of imidazole rings is 1. The third-order valence-electron chi connectivity index (χ3n) is 5.04. The van der Waals surface area contributed by atoms with Crippen LogP contribution in [0.5, 0.6) is 0 Å². The maximum absolute atomic E-state index is 5.87. The van der Waals surface area contributed by atoms with E-state index < -0.39 is 0 Å². The molecule has 0 spiro atoms. The number of benzene rings is 1. The minimum Gasteiger partial charge on any atom is -0.454 e. The number of aromatic amines is 1. The highest BCUT2D eigenvalue weighted by Crippen LogP contribution is 2.25. The smallest absolute Gasteiger partial charge is 0.173 e. The number of likely N-dealkylation sites (N-methyl/N-ethyl adjacent to an activating group) is 1. The number of H-pyrrole nitrogens is 1. The van der Waals surface area contributed by atoms with E-state index in [1.165, 1.54) is 5.69 Å². The van der Waals surface area contributed by atoms with Gasteiger partial charge in [0.05, 0.1) is 5.69 Å². The van der Waals surface area contributed by atoms with Crippen LogP contribution in [0.3, 0.4) is 0 Å². The fourth-order valence-corrected chi connectivity index (χ4v) is 3.29. The Labute approximate surface area is 162 Å². The highest BCUT2D eigenvalue weighted by atomic mass is 16.5. The summed E-state index contributed by atoms with van der Waals surface area (Å²) in [4.78, 5) is 12.6. The Morgan fingerprint density at radius 2 is 1.78 bits per heavy atom. The van der Waals surface area contributed by atoms with Gasteiger partial charge in [-0.3, -0.25) is 0 Å². The first kappa shape index (κ1) is 19.2. The molecule has 0 saturated carbocycles. The summed E-state index contributed by atoms with van der Waals surface area (Å²) in [5.74, 6) is 1.75. The normalized spacial score (nSPS) is 15.0. The Balaban J connectivity index is 1.62. The van der Waals surface area contributed by atoms with E-state index in [2.05, 4.69) is 71.2 Å². The largest absolute Gasteiger partial charge is 0.454 e. The summed E-state index contributed by atoms with van der Waals surface area (Å²) < 4.78 is 5.87. The SMILES string of the molecule is C=C(OC(=C)c1nc(CCC)c(C)[nH]1)c1ccc(N2CCN(C)CC2)cc1. The molecule has 1 aromatic heterocycles. The summed E-state index contributed by atoms with van der Waals surface area (Å²) in [5, 5.41) is 0. The first-order valence-electron chi connectivity index (χ1n) is 9.63. The van der Waals surface area contributed by atoms with Gasteiger partial charge in [-0.15, -0.1) is 0 Å². The topological polar surface area (TPSA) is 44.4 Å². The van der Waals surface area contributed by atoms with Crippen molar-refractivity contribution < 1.29 is 4.74 Å². The molecule has 1 fully saturated rings. The third kappa shape index (κ3) is 4.61. The van der Waals surface area contributed by atoms with Crippen molar-refractivity contribution in [2.24, 2.45) is 0 Å². The molecule has 2 aromatic rings. The van der Waals surface area contributed by atoms with E-state index in [-0.39, 0.29) is 0 Å². The predicted octanol–water partition coefficient (Wildman–Crippen LogP) is 4.08. The van der Waals surface area contributed by atoms with Crippen LogP contribution >= 0.6 is 0 Å². The molecule has 0 bridgehead atoms. The van der Waals surface area contributed by atoms with Crippen LogP contribution in [-0.2, 0) is 11.2 Å². The van der Waals surface area contributed by atoms with Crippen LogP contribution in [0.1, 0.15) is 36.1 Å². The van der Waals surface area contributed by atoms with Gasteiger partial charge in [-0.2, -0.15) is 0 Å². The molecular formula is C22H30N4O. The Morgan fingerprint density at radius 3 is 2.41 bits per heavy atom. The van der Waals surface area contributed by atoms with Crippen molar-refractivity contribution in [3.63, 3.8) is 0 Å². The van der Waals surface area contributed by atoms with Crippen LogP contribution < -0.4 is 4.90 Å². The van der Waals surface area contributed by atoms with Gasteiger partial charge in [0.1, 0.15) is 5.76 Å². The number of nitrogens with one attached hydrogen (secondary N) is 1. The maximum atomic E-state index is 5.87. The number of rotatable bonds is 7. The lowest BCUT2D eigenvalue weighted by molar-refractivity contribution is 0.313. The second-order valence-corrected chi connectivity index (χ2v) is 7.19. The lowest BCUT2D eigenvalue weighted by atomic mass is 10.1. The molecule has 0 radical (unpaired) electrons. The number of nitrogens with zero attached hydrogens (tertiary/aromatic N) is 3. The van der Waals surface area contributed by atoms with Gasteiger partial charge in [-0.1, -0.05) is 26.5 Å². The van der Waals surface area contributed by atoms with Crippen molar-refractivity contribution in [3.8, 4) is 0 Å². The monoisotopic (exact) mass is 366 g/mol. The number of aryl methyl sites for hydroxylation is 2. The van der Waals surface area contributed by atoms with E-state index in [1.54, 1.807) is 0 Å². The Morgan fingerprint density at radius 1 is 1.11 bits per heavy atom. The molecule has 1 aliphatic heterocycles. The molecule has 3 rings (SSSR count). The number of anilines is 1. The zero-order chi connectivity index (χ0) is 19.4. The molecule has 27 heavy (non-hydrogen) atoms. The summed E-state index contributed by atoms with van der Waals surface area (Å²) >= 11 is 0. The Hall–Kier alpha value is -2.53. The zero-order valence-electron chi connectivity index (χ0n) is 16.7. The highest BCUT2D eigenvalue weighted by molar-refractivity contribution is 5.67. The van der Waals surface area contributed by atoms with Crippen molar-refractivity contribution in [3.05, 3.63) is 60.2 Å². The van der Waals surface area contributed by atoms with Gasteiger partial charge in [0.25, 0.3) is 0 Å². The zero-order valence-corrected chi connectivity index (χ0v) is 16.7. The summed E-state index contributed by atoms with van der Waals surface area (Å²) in [6.07, 6.45) is 2.01. The van der Waals surface area contributed by atoms with Gasteiger partial charge in [0.15, 0.2) is 11.6 Å². The molecule has 0 unspecified atom stereocenters. The van der Waals surface area contributed by atoms with Crippen molar-refractivity contribution in [2.75, 3.05) is 38.1 Å². The summed E-state index contributed by atoms with van der Waals surface area (Å²) in [6.45, 7) is 16.6. The summed E-state index contributed by atoms with van der Waals surface area (Å²) in [5.41, 5.74) is 4.33. The molecule has 0 amide bonds. The average Bonchev–Trinajstić information content (AvgIpc) is 3.04. The van der Waals surface area contributed by atoms with E-state index in [0.717, 1.165) is 56.0 Å². The molecule has 144 valence electrons. The molecule has 1 aromatic carbocycles. The molecule has 0 aliphatic carbocycles. The first-order valence-corrected chi connectivity index (χ1v) is 9.63. The molecule has 5 nitrogen and oxygen atoms in total. The minimum absolute atomic E-state index is 0.494. The third-order valence-corrected chi connectivity index (χ3v) is 5.04. The van der Waals surface area contributed by atoms with Gasteiger partial charge < -0.3 is 19.5 Å². The van der Waals surface area contributed by atoms with Crippen LogP contribution in [0.4, 0.5) is 5.69 Å². The highest BCUT2D eigenvalue weighted by Gasteiger charge is 2.15. The Bertz CT molecular complexity index is 798. The number of ether oxygens (including phenoxy) is 1. The molecule has 2 heterocycles. The first-order chi connectivity index (χ1) is 13.0. The number of aromatic nitrogens is 2. The molecule has 1 saturated heterocycles. The average molecular weight is 367 g/mol. The van der Waals surface area contributed by atoms with E-state index in [9.17, 15) is 0 Å². The van der Waals surface area contributed by atoms with Gasteiger partial charge >= 0.3 is 0 Å². The van der Waals surface area contributed by atoms with Crippen molar-refractivity contribution in [1.29, 1.82) is 0 Å². The van der Waals surface area contributed by atoms with Crippen LogP contribution in [0.15, 0.2) is 37.4 Å². The summed E-state index contributed by atoms with van der Waals surface area (Å²) in [6, 6.07) is 8.38. The molecule has 5 heteroatoms. The molecule has 1 aliphatic rings. The molecule has 0 atom stereocenters. The summed E-state index contributed by atoms with van der Waals surface area (Å²) in [7, 11) is 2.17. The van der Waals surface area contributed by atoms with Crippen molar-refractivity contribution in [2.45, 2.75) is 26.7 Å². The predicted molar refractivity (Wildman–Crippen MR) is 113 cm³/mol. The van der Waals surface area contributed by atoms with Gasteiger partial charge in [0, 0.05) is 43.1 Å². The Kier molecular flexibility index (Phi) is 6.01. The fraction of sp³-hybridized carbons (Fsp3) is 0.409. The number of piperazine rings is 1. The van der Waals surface area contributed by atoms with Crippen LogP contribution in [0.2, 0.25) is 0 Å². The van der Waals surface area contributed by atoms with E-state index in [4.69, 9.17) is 4.74 Å². The lowest BCUT2D eigenvalue weighted by Gasteiger charge is -2.34. The minimum atomic E-state index is 0.494. The fourth-order valence-electron chi connectivity index (χ4n) is 3.29.